The number of ketones is 1. The Bertz CT molecular complexity index is 889. The Morgan fingerprint density at radius 2 is 1.96 bits per heavy atom. The summed E-state index contributed by atoms with van der Waals surface area (Å²) in [6, 6.07) is 1.55. The molecule has 0 unspecified atom stereocenters. The number of hydrogen-bond donors (Lipinski definition) is 0. The maximum atomic E-state index is 12.5. The van der Waals surface area contributed by atoms with Crippen molar-refractivity contribution in [2.75, 3.05) is 18.1 Å². The van der Waals surface area contributed by atoms with Crippen LogP contribution in [0.25, 0.3) is 0 Å². The van der Waals surface area contributed by atoms with Gasteiger partial charge in [0.05, 0.1) is 11.5 Å². The van der Waals surface area contributed by atoms with Crippen molar-refractivity contribution < 1.29 is 22.7 Å². The molecule has 0 aromatic carbocycles. The zero-order valence-corrected chi connectivity index (χ0v) is 17.2. The summed E-state index contributed by atoms with van der Waals surface area (Å²) in [5.41, 5.74) is 0.954. The fourth-order valence-corrected chi connectivity index (χ4v) is 5.98. The second-order valence-electron chi connectivity index (χ2n) is 7.42. The monoisotopic (exact) mass is 421 g/mol. The summed E-state index contributed by atoms with van der Waals surface area (Å²) in [6.45, 7) is 4.82. The van der Waals surface area contributed by atoms with E-state index >= 15 is 0 Å². The molecule has 2 atom stereocenters. The third kappa shape index (κ3) is 3.29. The maximum Gasteiger partial charge on any atom is 0.315 e. The van der Waals surface area contributed by atoms with Gasteiger partial charge in [0, 0.05) is 29.4 Å². The van der Waals surface area contributed by atoms with Crippen LogP contribution in [0.4, 0.5) is 0 Å². The van der Waals surface area contributed by atoms with Crippen LogP contribution in [-0.2, 0) is 19.4 Å². The number of aromatic nitrogens is 1. The van der Waals surface area contributed by atoms with Crippen molar-refractivity contribution in [1.82, 2.24) is 4.57 Å². The first kappa shape index (κ1) is 19.7. The first-order valence-corrected chi connectivity index (χ1v) is 10.9. The average Bonchev–Trinajstić information content (AvgIpc) is 2.80. The van der Waals surface area contributed by atoms with Crippen molar-refractivity contribution in [3.05, 3.63) is 23.0 Å². The molecule has 0 bridgehead atoms. The van der Waals surface area contributed by atoms with Gasteiger partial charge in [-0.1, -0.05) is 0 Å². The fourth-order valence-electron chi connectivity index (χ4n) is 3.59. The molecule has 0 spiro atoms. The number of aryl methyl sites for hydroxylation is 1. The molecule has 1 aromatic rings. The minimum atomic E-state index is -3.03. The van der Waals surface area contributed by atoms with E-state index in [0.29, 0.717) is 24.1 Å². The Balaban J connectivity index is 1.71. The second-order valence-corrected chi connectivity index (χ2v) is 11.1. The zero-order valence-electron chi connectivity index (χ0n) is 14.8. The number of carbonyl (C=O) groups excluding carboxylic acids is 2. The lowest BCUT2D eigenvalue weighted by atomic mass is 10.1. The first-order chi connectivity index (χ1) is 11.9. The number of hydrogen-bond acceptors (Lipinski definition) is 5. The summed E-state index contributed by atoms with van der Waals surface area (Å²) < 4.78 is 29.4. The van der Waals surface area contributed by atoms with Gasteiger partial charge in [-0.15, -0.1) is 23.2 Å². The summed E-state index contributed by atoms with van der Waals surface area (Å²) in [6.07, 6.45) is 0.827. The highest BCUT2D eigenvalue weighted by Gasteiger charge is 2.69. The van der Waals surface area contributed by atoms with Gasteiger partial charge in [-0.2, -0.15) is 0 Å². The Hall–Kier alpha value is -1.05. The summed E-state index contributed by atoms with van der Waals surface area (Å²) in [5.74, 6) is -0.686. The molecule has 26 heavy (non-hydrogen) atoms. The smallest absolute Gasteiger partial charge is 0.315 e. The van der Waals surface area contributed by atoms with Crippen LogP contribution in [0.2, 0.25) is 0 Å². The van der Waals surface area contributed by atoms with E-state index in [-0.39, 0.29) is 23.3 Å². The van der Waals surface area contributed by atoms with Crippen molar-refractivity contribution in [3.8, 4) is 0 Å². The number of sulfone groups is 1. The number of rotatable bonds is 5. The predicted molar refractivity (Wildman–Crippen MR) is 98.7 cm³/mol. The van der Waals surface area contributed by atoms with Crippen LogP contribution in [0, 0.1) is 19.3 Å². The van der Waals surface area contributed by atoms with Crippen LogP contribution >= 0.6 is 23.2 Å². The third-order valence-corrected chi connectivity index (χ3v) is 8.25. The lowest BCUT2D eigenvalue weighted by Crippen LogP contribution is -2.24. The number of Topliss-reactive ketones (excluding diaryl/α,β-unsaturated/α-hetero) is 1. The number of halogens is 2. The molecule has 2 fully saturated rings. The summed E-state index contributed by atoms with van der Waals surface area (Å²) in [7, 11) is -3.03. The maximum absolute atomic E-state index is 12.5. The largest absolute Gasteiger partial charge is 0.457 e. The van der Waals surface area contributed by atoms with E-state index in [1.54, 1.807) is 19.9 Å². The molecule has 2 heterocycles. The quantitative estimate of drug-likeness (QED) is 0.414. The summed E-state index contributed by atoms with van der Waals surface area (Å²) >= 11 is 11.9. The van der Waals surface area contributed by atoms with Crippen LogP contribution in [0.5, 0.6) is 0 Å². The Morgan fingerprint density at radius 1 is 1.35 bits per heavy atom. The van der Waals surface area contributed by atoms with E-state index in [4.69, 9.17) is 27.9 Å². The topological polar surface area (TPSA) is 82.4 Å². The van der Waals surface area contributed by atoms with Crippen molar-refractivity contribution in [1.29, 1.82) is 0 Å². The van der Waals surface area contributed by atoms with Crippen molar-refractivity contribution in [2.45, 2.75) is 44.0 Å². The molecular weight excluding hydrogens is 401 g/mol. The van der Waals surface area contributed by atoms with Crippen LogP contribution in [-0.4, -0.2) is 47.2 Å². The van der Waals surface area contributed by atoms with Gasteiger partial charge in [-0.3, -0.25) is 9.59 Å². The molecule has 1 aliphatic carbocycles. The minimum Gasteiger partial charge on any atom is -0.457 e. The molecule has 1 saturated carbocycles. The average molecular weight is 422 g/mol. The van der Waals surface area contributed by atoms with Gasteiger partial charge in [0.1, 0.15) is 9.75 Å². The van der Waals surface area contributed by atoms with Crippen molar-refractivity contribution in [3.63, 3.8) is 0 Å². The molecule has 1 aromatic heterocycles. The van der Waals surface area contributed by atoms with Gasteiger partial charge in [0.15, 0.2) is 16.4 Å². The molecule has 2 aliphatic rings. The standard InChI is InChI=1S/C17H21Cl2NO5S/c1-10-6-13(11(2)20(10)12-4-5-26(23,24)8-12)14(21)7-25-15(22)16(3)9-17(16,18)19/h6,12H,4-5,7-9H2,1-3H3/t12-,16-/m0/s1. The molecule has 1 saturated heterocycles. The van der Waals surface area contributed by atoms with Crippen LogP contribution in [0.15, 0.2) is 6.07 Å². The van der Waals surface area contributed by atoms with E-state index in [1.165, 1.54) is 0 Å². The van der Waals surface area contributed by atoms with Gasteiger partial charge in [-0.25, -0.2) is 8.42 Å². The Morgan fingerprint density at radius 3 is 2.46 bits per heavy atom. The van der Waals surface area contributed by atoms with Gasteiger partial charge in [0.2, 0.25) is 5.78 Å². The number of nitrogens with zero attached hydrogens (tertiary/aromatic N) is 1. The van der Waals surface area contributed by atoms with Gasteiger partial charge in [0.25, 0.3) is 0 Å². The third-order valence-electron chi connectivity index (χ3n) is 5.40. The molecule has 0 amide bonds. The SMILES string of the molecule is Cc1cc(C(=O)COC(=O)[C@]2(C)CC2(Cl)Cl)c(C)n1[C@H]1CCS(=O)(=O)C1. The minimum absolute atomic E-state index is 0.0812. The van der Waals surface area contributed by atoms with E-state index in [2.05, 4.69) is 0 Å². The van der Waals surface area contributed by atoms with Gasteiger partial charge in [-0.05, 0) is 33.3 Å². The predicted octanol–water partition coefficient (Wildman–Crippen LogP) is 2.77. The van der Waals surface area contributed by atoms with Gasteiger partial charge >= 0.3 is 5.97 Å². The summed E-state index contributed by atoms with van der Waals surface area (Å²) in [4.78, 5) is 24.6. The van der Waals surface area contributed by atoms with Crippen LogP contribution < -0.4 is 0 Å². The van der Waals surface area contributed by atoms with E-state index < -0.39 is 32.2 Å². The highest BCUT2D eigenvalue weighted by molar-refractivity contribution is 7.91. The lowest BCUT2D eigenvalue weighted by molar-refractivity contribution is -0.148. The molecule has 0 N–H and O–H groups in total. The number of alkyl halides is 2. The van der Waals surface area contributed by atoms with E-state index in [9.17, 15) is 18.0 Å². The fraction of sp³-hybridized carbons (Fsp3) is 0.647. The van der Waals surface area contributed by atoms with Crippen LogP contribution in [0.1, 0.15) is 47.6 Å². The number of esters is 1. The second kappa shape index (κ2) is 6.24. The molecule has 9 heteroatoms. The number of ether oxygens (including phenoxy) is 1. The molecule has 144 valence electrons. The summed E-state index contributed by atoms with van der Waals surface area (Å²) in [5, 5.41) is 0. The number of carbonyl (C=O) groups is 2. The highest BCUT2D eigenvalue weighted by atomic mass is 35.5. The van der Waals surface area contributed by atoms with Gasteiger partial charge < -0.3 is 9.30 Å². The lowest BCUT2D eigenvalue weighted by Gasteiger charge is -2.16. The zero-order chi connectivity index (χ0) is 19.5. The molecular formula is C17H21Cl2NO5S. The van der Waals surface area contributed by atoms with Crippen molar-refractivity contribution in [2.24, 2.45) is 5.41 Å². The first-order valence-electron chi connectivity index (χ1n) is 8.35. The van der Waals surface area contributed by atoms with E-state index in [1.807, 2.05) is 11.5 Å². The molecule has 1 aliphatic heterocycles. The molecule has 3 rings (SSSR count). The molecule has 0 radical (unpaired) electrons. The molecule has 6 nitrogen and oxygen atoms in total. The van der Waals surface area contributed by atoms with Crippen molar-refractivity contribution >= 4 is 44.8 Å². The van der Waals surface area contributed by atoms with E-state index in [0.717, 1.165) is 5.69 Å². The Kier molecular flexibility index (Phi) is 4.73. The highest BCUT2D eigenvalue weighted by Crippen LogP contribution is 2.64. The Labute approximate surface area is 162 Å². The van der Waals surface area contributed by atoms with Crippen LogP contribution in [0.3, 0.4) is 0 Å². The normalized spacial score (nSPS) is 28.7.